The lowest BCUT2D eigenvalue weighted by molar-refractivity contribution is 0.0513. The van der Waals surface area contributed by atoms with Gasteiger partial charge in [0.25, 0.3) is 0 Å². The molecule has 5 heteroatoms. The molecule has 1 unspecified atom stereocenters. The molecule has 0 spiro atoms. The molecule has 1 aromatic rings. The minimum Gasteiger partial charge on any atom is -0.497 e. The van der Waals surface area contributed by atoms with Gasteiger partial charge in [0.15, 0.2) is 0 Å². The van der Waals surface area contributed by atoms with E-state index in [1.54, 1.807) is 20.1 Å². The van der Waals surface area contributed by atoms with Gasteiger partial charge in [0.1, 0.15) is 17.2 Å². The number of benzene rings is 1. The summed E-state index contributed by atoms with van der Waals surface area (Å²) in [5.74, 6) is -0.0488. The third kappa shape index (κ3) is 3.94. The summed E-state index contributed by atoms with van der Waals surface area (Å²) in [5, 5.41) is 13.3. The Bertz CT molecular complexity index is 382. The Balaban J connectivity index is 2.71. The zero-order chi connectivity index (χ0) is 13.6. The molecule has 1 rings (SSSR count). The van der Waals surface area contributed by atoms with Crippen LogP contribution in [0.15, 0.2) is 18.2 Å². The number of hydrogen-bond donors (Lipinski definition) is 2. The van der Waals surface area contributed by atoms with Crippen molar-refractivity contribution in [2.45, 2.75) is 12.5 Å². The van der Waals surface area contributed by atoms with E-state index in [1.165, 1.54) is 19.2 Å². The van der Waals surface area contributed by atoms with Crippen molar-refractivity contribution in [3.63, 3.8) is 0 Å². The van der Waals surface area contributed by atoms with Crippen molar-refractivity contribution in [3.8, 4) is 5.75 Å². The van der Waals surface area contributed by atoms with Gasteiger partial charge in [-0.15, -0.1) is 0 Å². The highest BCUT2D eigenvalue weighted by molar-refractivity contribution is 5.32. The molecule has 0 saturated carbocycles. The first-order chi connectivity index (χ1) is 8.51. The quantitative estimate of drug-likeness (QED) is 0.722. The lowest BCUT2D eigenvalue weighted by Gasteiger charge is -2.25. The summed E-state index contributed by atoms with van der Waals surface area (Å²) in [6, 6.07) is 4.42. The number of hydrogen-bond acceptors (Lipinski definition) is 4. The maximum Gasteiger partial charge on any atom is 0.133 e. The van der Waals surface area contributed by atoms with Gasteiger partial charge in [0, 0.05) is 31.8 Å². The van der Waals surface area contributed by atoms with Crippen LogP contribution >= 0.6 is 0 Å². The van der Waals surface area contributed by atoms with Gasteiger partial charge < -0.3 is 19.9 Å². The van der Waals surface area contributed by atoms with Crippen molar-refractivity contribution in [2.24, 2.45) is 0 Å². The van der Waals surface area contributed by atoms with E-state index in [9.17, 15) is 9.50 Å². The Morgan fingerprint density at radius 1 is 1.39 bits per heavy atom. The summed E-state index contributed by atoms with van der Waals surface area (Å²) < 4.78 is 23.6. The van der Waals surface area contributed by atoms with E-state index in [4.69, 9.17) is 9.47 Å². The van der Waals surface area contributed by atoms with Crippen molar-refractivity contribution in [1.29, 1.82) is 0 Å². The van der Waals surface area contributed by atoms with Crippen LogP contribution in [0.3, 0.4) is 0 Å². The van der Waals surface area contributed by atoms with E-state index in [1.807, 2.05) is 0 Å². The number of methoxy groups -OCH3 is 2. The number of ether oxygens (including phenoxy) is 2. The van der Waals surface area contributed by atoms with Crippen molar-refractivity contribution in [1.82, 2.24) is 5.32 Å². The molecule has 0 aliphatic rings. The molecule has 2 N–H and O–H groups in total. The Morgan fingerprint density at radius 2 is 2.11 bits per heavy atom. The highest BCUT2D eigenvalue weighted by Gasteiger charge is 2.26. The Labute approximate surface area is 107 Å². The first kappa shape index (κ1) is 14.9. The lowest BCUT2D eigenvalue weighted by atomic mass is 9.95. The summed E-state index contributed by atoms with van der Waals surface area (Å²) in [4.78, 5) is 0. The second kappa shape index (κ2) is 6.68. The van der Waals surface area contributed by atoms with Crippen LogP contribution in [0.1, 0.15) is 12.5 Å². The molecule has 0 aliphatic carbocycles. The molecule has 18 heavy (non-hydrogen) atoms. The van der Waals surface area contributed by atoms with Crippen LogP contribution in [-0.2, 0) is 10.3 Å². The topological polar surface area (TPSA) is 50.7 Å². The molecular formula is C13H20FNO3. The van der Waals surface area contributed by atoms with E-state index in [-0.39, 0.29) is 12.1 Å². The van der Waals surface area contributed by atoms with Crippen molar-refractivity contribution < 1.29 is 19.0 Å². The van der Waals surface area contributed by atoms with Gasteiger partial charge in [0.05, 0.1) is 13.7 Å². The van der Waals surface area contributed by atoms with Crippen LogP contribution in [0.25, 0.3) is 0 Å². The molecule has 0 radical (unpaired) electrons. The van der Waals surface area contributed by atoms with Crippen LogP contribution in [-0.4, -0.2) is 39.0 Å². The lowest BCUT2D eigenvalue weighted by Crippen LogP contribution is -2.37. The van der Waals surface area contributed by atoms with Crippen LogP contribution < -0.4 is 10.1 Å². The Hall–Kier alpha value is -1.17. The highest BCUT2D eigenvalue weighted by atomic mass is 19.1. The number of aliphatic hydroxyl groups is 1. The molecule has 0 fully saturated rings. The van der Waals surface area contributed by atoms with Crippen LogP contribution in [0, 0.1) is 5.82 Å². The normalized spacial score (nSPS) is 14.3. The van der Waals surface area contributed by atoms with E-state index in [0.29, 0.717) is 18.9 Å². The molecule has 1 atom stereocenters. The molecule has 1 aromatic carbocycles. The smallest absolute Gasteiger partial charge is 0.133 e. The molecule has 0 aliphatic heterocycles. The summed E-state index contributed by atoms with van der Waals surface area (Å²) in [5.41, 5.74) is -1.03. The Kier molecular flexibility index (Phi) is 5.53. The molecule has 4 nitrogen and oxygen atoms in total. The van der Waals surface area contributed by atoms with Gasteiger partial charge in [-0.1, -0.05) is 0 Å². The average Bonchev–Trinajstić information content (AvgIpc) is 2.34. The maximum absolute atomic E-state index is 13.8. The maximum atomic E-state index is 13.8. The van der Waals surface area contributed by atoms with Crippen LogP contribution in [0.4, 0.5) is 4.39 Å². The summed E-state index contributed by atoms with van der Waals surface area (Å²) in [7, 11) is 3.07. The number of nitrogens with one attached hydrogen (secondary N) is 1. The SMILES string of the molecule is COCCNCC(C)(O)c1ccc(OC)cc1F. The standard InChI is InChI=1S/C13H20FNO3/c1-13(16,9-15-6-7-17-2)11-5-4-10(18-3)8-12(11)14/h4-5,8,15-16H,6-7,9H2,1-3H3. The molecule has 0 bridgehead atoms. The zero-order valence-electron chi connectivity index (χ0n) is 11.0. The van der Waals surface area contributed by atoms with Gasteiger partial charge in [0.2, 0.25) is 0 Å². The second-order valence-corrected chi connectivity index (χ2v) is 4.29. The van der Waals surface area contributed by atoms with Gasteiger partial charge >= 0.3 is 0 Å². The van der Waals surface area contributed by atoms with E-state index in [2.05, 4.69) is 5.32 Å². The molecule has 0 heterocycles. The van der Waals surface area contributed by atoms with E-state index in [0.717, 1.165) is 0 Å². The van der Waals surface area contributed by atoms with Crippen molar-refractivity contribution >= 4 is 0 Å². The molecular weight excluding hydrogens is 237 g/mol. The van der Waals surface area contributed by atoms with Crippen LogP contribution in [0.5, 0.6) is 5.75 Å². The predicted molar refractivity (Wildman–Crippen MR) is 67.3 cm³/mol. The first-order valence-corrected chi connectivity index (χ1v) is 5.77. The number of rotatable bonds is 7. The molecule has 0 saturated heterocycles. The predicted octanol–water partition coefficient (Wildman–Crippen LogP) is 1.28. The first-order valence-electron chi connectivity index (χ1n) is 5.77. The van der Waals surface area contributed by atoms with Crippen molar-refractivity contribution in [3.05, 3.63) is 29.6 Å². The molecule has 102 valence electrons. The highest BCUT2D eigenvalue weighted by Crippen LogP contribution is 2.25. The van der Waals surface area contributed by atoms with Gasteiger partial charge in [-0.2, -0.15) is 0 Å². The zero-order valence-corrected chi connectivity index (χ0v) is 11.0. The van der Waals surface area contributed by atoms with Gasteiger partial charge in [-0.3, -0.25) is 0 Å². The monoisotopic (exact) mass is 257 g/mol. The second-order valence-electron chi connectivity index (χ2n) is 4.29. The number of halogens is 1. The largest absolute Gasteiger partial charge is 0.497 e. The fourth-order valence-corrected chi connectivity index (χ4v) is 1.66. The Morgan fingerprint density at radius 3 is 2.67 bits per heavy atom. The summed E-state index contributed by atoms with van der Waals surface area (Å²) >= 11 is 0. The fraction of sp³-hybridized carbons (Fsp3) is 0.538. The average molecular weight is 257 g/mol. The molecule has 0 amide bonds. The van der Waals surface area contributed by atoms with Crippen molar-refractivity contribution in [2.75, 3.05) is 33.9 Å². The third-order valence-electron chi connectivity index (χ3n) is 2.71. The van der Waals surface area contributed by atoms with E-state index >= 15 is 0 Å². The van der Waals surface area contributed by atoms with Gasteiger partial charge in [-0.25, -0.2) is 4.39 Å². The minimum atomic E-state index is -1.27. The molecule has 0 aromatic heterocycles. The third-order valence-corrected chi connectivity index (χ3v) is 2.71. The van der Waals surface area contributed by atoms with Gasteiger partial charge in [-0.05, 0) is 19.1 Å². The van der Waals surface area contributed by atoms with E-state index < -0.39 is 11.4 Å². The summed E-state index contributed by atoms with van der Waals surface area (Å²) in [6.45, 7) is 2.96. The summed E-state index contributed by atoms with van der Waals surface area (Å²) in [6.07, 6.45) is 0. The fourth-order valence-electron chi connectivity index (χ4n) is 1.66. The minimum absolute atomic E-state index is 0.244. The van der Waals surface area contributed by atoms with Crippen LogP contribution in [0.2, 0.25) is 0 Å².